The quantitative estimate of drug-likeness (QED) is 0.867. The summed E-state index contributed by atoms with van der Waals surface area (Å²) in [5.41, 5.74) is 1.17. The molecule has 1 aromatic heterocycles. The number of thiazole rings is 1. The zero-order valence-electron chi connectivity index (χ0n) is 11.4. The van der Waals surface area contributed by atoms with E-state index in [2.05, 4.69) is 55.4 Å². The van der Waals surface area contributed by atoms with Gasteiger partial charge < -0.3 is 10.2 Å². The van der Waals surface area contributed by atoms with Crippen molar-refractivity contribution in [1.29, 1.82) is 0 Å². The van der Waals surface area contributed by atoms with E-state index < -0.39 is 0 Å². The lowest BCUT2D eigenvalue weighted by atomic mass is 10.2. The van der Waals surface area contributed by atoms with Crippen LogP contribution in [-0.4, -0.2) is 36.6 Å². The Labute approximate surface area is 115 Å². The second kappa shape index (κ2) is 8.03. The molecule has 0 fully saturated rings. The minimum absolute atomic E-state index is 0. The molecule has 0 aliphatic heterocycles. The first-order valence-corrected chi connectivity index (χ1v) is 6.70. The third-order valence-corrected chi connectivity index (χ3v) is 3.88. The molecule has 0 saturated carbocycles. The largest absolute Gasteiger partial charge is 0.310 e. The molecule has 0 bridgehead atoms. The van der Waals surface area contributed by atoms with Gasteiger partial charge in [-0.25, -0.2) is 4.98 Å². The summed E-state index contributed by atoms with van der Waals surface area (Å²) in [5, 5.41) is 6.83. The van der Waals surface area contributed by atoms with Crippen LogP contribution in [0, 0.1) is 0 Å². The normalized spacial score (nSPS) is 12.9. The van der Waals surface area contributed by atoms with E-state index in [1.165, 1.54) is 10.7 Å². The van der Waals surface area contributed by atoms with Crippen molar-refractivity contribution in [3.8, 4) is 0 Å². The van der Waals surface area contributed by atoms with Gasteiger partial charge in [-0.3, -0.25) is 0 Å². The van der Waals surface area contributed by atoms with Gasteiger partial charge in [-0.05, 0) is 21.0 Å². The molecule has 1 unspecified atom stereocenters. The lowest BCUT2D eigenvalue weighted by Gasteiger charge is -2.19. The van der Waals surface area contributed by atoms with Gasteiger partial charge in [-0.2, -0.15) is 0 Å². The maximum absolute atomic E-state index is 4.59. The molecule has 3 nitrogen and oxygen atoms in total. The van der Waals surface area contributed by atoms with Crippen molar-refractivity contribution in [2.75, 3.05) is 20.6 Å². The second-order valence-electron chi connectivity index (χ2n) is 4.78. The highest BCUT2D eigenvalue weighted by Crippen LogP contribution is 2.18. The van der Waals surface area contributed by atoms with E-state index in [-0.39, 0.29) is 12.4 Å². The van der Waals surface area contributed by atoms with Gasteiger partial charge in [-0.1, -0.05) is 13.8 Å². The summed E-state index contributed by atoms with van der Waals surface area (Å²) >= 11 is 1.76. The zero-order valence-corrected chi connectivity index (χ0v) is 13.0. The molecule has 0 spiro atoms. The van der Waals surface area contributed by atoms with Gasteiger partial charge in [-0.15, -0.1) is 23.7 Å². The summed E-state index contributed by atoms with van der Waals surface area (Å²) in [6, 6.07) is 0.559. The molecule has 0 radical (unpaired) electrons. The summed E-state index contributed by atoms with van der Waals surface area (Å²) < 4.78 is 0. The molecule has 0 saturated heterocycles. The Morgan fingerprint density at radius 1 is 1.35 bits per heavy atom. The third kappa shape index (κ3) is 5.82. The Hall–Kier alpha value is -0.160. The second-order valence-corrected chi connectivity index (χ2v) is 5.66. The SMILES string of the molecule is CC(C)c1nc(CNCC(C)N(C)C)cs1.Cl. The van der Waals surface area contributed by atoms with Crippen LogP contribution >= 0.6 is 23.7 Å². The molecule has 1 rings (SSSR count). The van der Waals surface area contributed by atoms with Gasteiger partial charge in [0.25, 0.3) is 0 Å². The van der Waals surface area contributed by atoms with Gasteiger partial charge in [0.1, 0.15) is 0 Å². The average Bonchev–Trinajstić information content (AvgIpc) is 2.66. The summed E-state index contributed by atoms with van der Waals surface area (Å²) in [6.07, 6.45) is 0. The minimum atomic E-state index is 0. The number of aromatic nitrogens is 1. The fourth-order valence-electron chi connectivity index (χ4n) is 1.26. The van der Waals surface area contributed by atoms with Crippen LogP contribution in [0.15, 0.2) is 5.38 Å². The molecule has 100 valence electrons. The molecule has 1 N–H and O–H groups in total. The van der Waals surface area contributed by atoms with Crippen molar-refractivity contribution in [3.63, 3.8) is 0 Å². The molecule has 5 heteroatoms. The van der Waals surface area contributed by atoms with E-state index in [1.807, 2.05) is 0 Å². The first kappa shape index (κ1) is 16.8. The molecule has 17 heavy (non-hydrogen) atoms. The van der Waals surface area contributed by atoms with E-state index in [0.29, 0.717) is 12.0 Å². The maximum atomic E-state index is 4.59. The van der Waals surface area contributed by atoms with Gasteiger partial charge in [0.2, 0.25) is 0 Å². The number of hydrogen-bond acceptors (Lipinski definition) is 4. The van der Waals surface area contributed by atoms with Gasteiger partial charge in [0.05, 0.1) is 10.7 Å². The van der Waals surface area contributed by atoms with E-state index in [1.54, 1.807) is 11.3 Å². The van der Waals surface area contributed by atoms with Gasteiger partial charge in [0.15, 0.2) is 0 Å². The van der Waals surface area contributed by atoms with Crippen LogP contribution in [0.3, 0.4) is 0 Å². The fourth-order valence-corrected chi connectivity index (χ4v) is 2.10. The van der Waals surface area contributed by atoms with Crippen LogP contribution in [0.5, 0.6) is 0 Å². The maximum Gasteiger partial charge on any atom is 0.0954 e. The lowest BCUT2D eigenvalue weighted by Crippen LogP contribution is -2.35. The fraction of sp³-hybridized carbons (Fsp3) is 0.750. The minimum Gasteiger partial charge on any atom is -0.310 e. The monoisotopic (exact) mass is 277 g/mol. The van der Waals surface area contributed by atoms with E-state index in [0.717, 1.165) is 13.1 Å². The van der Waals surface area contributed by atoms with Crippen molar-refractivity contribution in [1.82, 2.24) is 15.2 Å². The topological polar surface area (TPSA) is 28.2 Å². The summed E-state index contributed by atoms with van der Waals surface area (Å²) in [6.45, 7) is 8.46. The van der Waals surface area contributed by atoms with Crippen LogP contribution in [0.4, 0.5) is 0 Å². The van der Waals surface area contributed by atoms with Crippen LogP contribution in [-0.2, 0) is 6.54 Å². The number of hydrogen-bond donors (Lipinski definition) is 1. The van der Waals surface area contributed by atoms with Crippen molar-refractivity contribution < 1.29 is 0 Å². The lowest BCUT2D eigenvalue weighted by molar-refractivity contribution is 0.302. The first-order valence-electron chi connectivity index (χ1n) is 5.82. The standard InChI is InChI=1S/C12H23N3S.ClH/c1-9(2)12-14-11(8-16-12)7-13-6-10(3)15(4)5;/h8-10,13H,6-7H2,1-5H3;1H. The van der Waals surface area contributed by atoms with Gasteiger partial charge in [0, 0.05) is 30.4 Å². The number of rotatable bonds is 6. The first-order chi connectivity index (χ1) is 7.50. The highest BCUT2D eigenvalue weighted by atomic mass is 35.5. The Kier molecular flexibility index (Phi) is 7.96. The Bertz CT molecular complexity index is 312. The molecule has 0 amide bonds. The van der Waals surface area contributed by atoms with E-state index in [9.17, 15) is 0 Å². The predicted molar refractivity (Wildman–Crippen MR) is 78.3 cm³/mol. The van der Waals surface area contributed by atoms with Crippen molar-refractivity contribution >= 4 is 23.7 Å². The van der Waals surface area contributed by atoms with Crippen LogP contribution in [0.1, 0.15) is 37.4 Å². The van der Waals surface area contributed by atoms with Crippen molar-refractivity contribution in [2.45, 2.75) is 39.3 Å². The van der Waals surface area contributed by atoms with Crippen LogP contribution in [0.25, 0.3) is 0 Å². The Morgan fingerprint density at radius 3 is 2.47 bits per heavy atom. The summed E-state index contributed by atoms with van der Waals surface area (Å²) in [4.78, 5) is 6.81. The number of likely N-dealkylation sites (N-methyl/N-ethyl adjacent to an activating group) is 1. The Balaban J connectivity index is 0.00000256. The van der Waals surface area contributed by atoms with Crippen molar-refractivity contribution in [2.24, 2.45) is 0 Å². The molecule has 1 heterocycles. The third-order valence-electron chi connectivity index (χ3n) is 2.69. The smallest absolute Gasteiger partial charge is 0.0954 e. The van der Waals surface area contributed by atoms with E-state index in [4.69, 9.17) is 0 Å². The molecule has 1 atom stereocenters. The molecular formula is C12H24ClN3S. The molecule has 1 aromatic rings. The van der Waals surface area contributed by atoms with Crippen LogP contribution < -0.4 is 5.32 Å². The number of halogens is 1. The number of nitrogens with one attached hydrogen (secondary N) is 1. The zero-order chi connectivity index (χ0) is 12.1. The highest BCUT2D eigenvalue weighted by Gasteiger charge is 2.07. The Morgan fingerprint density at radius 2 is 2.00 bits per heavy atom. The van der Waals surface area contributed by atoms with E-state index >= 15 is 0 Å². The van der Waals surface area contributed by atoms with Crippen LogP contribution in [0.2, 0.25) is 0 Å². The van der Waals surface area contributed by atoms with Crippen molar-refractivity contribution in [3.05, 3.63) is 16.1 Å². The summed E-state index contributed by atoms with van der Waals surface area (Å²) in [7, 11) is 4.21. The molecule has 0 aliphatic rings. The highest BCUT2D eigenvalue weighted by molar-refractivity contribution is 7.09. The average molecular weight is 278 g/mol. The molecular weight excluding hydrogens is 254 g/mol. The molecule has 0 aromatic carbocycles. The van der Waals surface area contributed by atoms with Gasteiger partial charge >= 0.3 is 0 Å². The molecule has 0 aliphatic carbocycles. The number of nitrogens with zero attached hydrogens (tertiary/aromatic N) is 2. The predicted octanol–water partition coefficient (Wildman–Crippen LogP) is 2.73. The summed E-state index contributed by atoms with van der Waals surface area (Å²) in [5.74, 6) is 0.541.